The molecule has 1 heteroatoms. The fraction of sp³-hybridized carbons (Fsp3) is 0.615. The number of allylic oxidation sites excluding steroid dienone is 4. The Kier molecular flexibility index (Phi) is 4.12. The Morgan fingerprint density at radius 1 is 1.29 bits per heavy atom. The van der Waals surface area contributed by atoms with E-state index in [1.165, 1.54) is 36.0 Å². The van der Waals surface area contributed by atoms with Crippen molar-refractivity contribution in [3.63, 3.8) is 0 Å². The van der Waals surface area contributed by atoms with E-state index in [0.717, 1.165) is 6.42 Å². The molecule has 0 atom stereocenters. The normalized spacial score (nSPS) is 18.6. The molecule has 0 fully saturated rings. The van der Waals surface area contributed by atoms with E-state index >= 15 is 0 Å². The van der Waals surface area contributed by atoms with E-state index in [1.54, 1.807) is 6.92 Å². The summed E-state index contributed by atoms with van der Waals surface area (Å²) < 4.78 is 0. The van der Waals surface area contributed by atoms with Gasteiger partial charge in [0.2, 0.25) is 0 Å². The maximum absolute atomic E-state index is 11.1. The van der Waals surface area contributed by atoms with Crippen LogP contribution >= 0.6 is 0 Å². The van der Waals surface area contributed by atoms with Gasteiger partial charge in [-0.05, 0) is 52.0 Å². The standard InChI is InChI=1S/C13H20O/c1-4-10(2)13-8-6-5-7-12(13)9-11(3)14/h4H,5-9H2,1-3H3/b10-4-. The summed E-state index contributed by atoms with van der Waals surface area (Å²) in [5.74, 6) is 0.295. The van der Waals surface area contributed by atoms with E-state index in [-0.39, 0.29) is 0 Å². The van der Waals surface area contributed by atoms with Crippen molar-refractivity contribution in [1.29, 1.82) is 0 Å². The first-order valence-electron chi connectivity index (χ1n) is 5.48. The summed E-state index contributed by atoms with van der Waals surface area (Å²) in [6, 6.07) is 0. The van der Waals surface area contributed by atoms with Crippen molar-refractivity contribution >= 4 is 5.78 Å². The monoisotopic (exact) mass is 192 g/mol. The van der Waals surface area contributed by atoms with Gasteiger partial charge in [0.25, 0.3) is 0 Å². The molecule has 0 aromatic heterocycles. The van der Waals surface area contributed by atoms with Gasteiger partial charge in [-0.25, -0.2) is 0 Å². The lowest BCUT2D eigenvalue weighted by molar-refractivity contribution is -0.116. The zero-order valence-corrected chi connectivity index (χ0v) is 9.52. The topological polar surface area (TPSA) is 17.1 Å². The molecule has 1 aliphatic rings. The lowest BCUT2D eigenvalue weighted by Gasteiger charge is -2.20. The Morgan fingerprint density at radius 3 is 2.50 bits per heavy atom. The molecule has 78 valence electrons. The highest BCUT2D eigenvalue weighted by molar-refractivity contribution is 5.78. The molecular formula is C13H20O. The molecule has 0 heterocycles. The quantitative estimate of drug-likeness (QED) is 0.664. The Balaban J connectivity index is 2.90. The molecule has 0 aromatic rings. The molecule has 0 unspecified atom stereocenters. The van der Waals surface area contributed by atoms with E-state index in [4.69, 9.17) is 0 Å². The summed E-state index contributed by atoms with van der Waals surface area (Å²) in [7, 11) is 0. The fourth-order valence-electron chi connectivity index (χ4n) is 2.11. The third-order valence-electron chi connectivity index (χ3n) is 2.95. The Labute approximate surface area is 86.9 Å². The molecule has 0 amide bonds. The minimum atomic E-state index is 0.295. The van der Waals surface area contributed by atoms with E-state index in [9.17, 15) is 4.79 Å². The van der Waals surface area contributed by atoms with Gasteiger partial charge in [-0.2, -0.15) is 0 Å². The average Bonchev–Trinajstić information content (AvgIpc) is 2.16. The molecule has 0 spiro atoms. The summed E-state index contributed by atoms with van der Waals surface area (Å²) in [6.45, 7) is 5.91. The highest BCUT2D eigenvalue weighted by atomic mass is 16.1. The minimum Gasteiger partial charge on any atom is -0.300 e. The Morgan fingerprint density at radius 2 is 1.93 bits per heavy atom. The van der Waals surface area contributed by atoms with Gasteiger partial charge < -0.3 is 0 Å². The fourth-order valence-corrected chi connectivity index (χ4v) is 2.11. The van der Waals surface area contributed by atoms with Gasteiger partial charge in [0.05, 0.1) is 0 Å². The van der Waals surface area contributed by atoms with Crippen LogP contribution in [0.2, 0.25) is 0 Å². The largest absolute Gasteiger partial charge is 0.300 e. The molecule has 0 aromatic carbocycles. The predicted octanol–water partition coefficient (Wildman–Crippen LogP) is 3.80. The van der Waals surface area contributed by atoms with Crippen molar-refractivity contribution in [2.75, 3.05) is 0 Å². The van der Waals surface area contributed by atoms with Crippen molar-refractivity contribution in [1.82, 2.24) is 0 Å². The maximum Gasteiger partial charge on any atom is 0.133 e. The van der Waals surface area contributed by atoms with Gasteiger partial charge in [-0.3, -0.25) is 4.79 Å². The number of ketones is 1. The van der Waals surface area contributed by atoms with Gasteiger partial charge in [0, 0.05) is 6.42 Å². The van der Waals surface area contributed by atoms with Crippen LogP contribution in [0.1, 0.15) is 52.9 Å². The van der Waals surface area contributed by atoms with E-state index < -0.39 is 0 Å². The predicted molar refractivity (Wildman–Crippen MR) is 60.2 cm³/mol. The van der Waals surface area contributed by atoms with Crippen molar-refractivity contribution < 1.29 is 4.79 Å². The van der Waals surface area contributed by atoms with Gasteiger partial charge in [-0.15, -0.1) is 0 Å². The Hall–Kier alpha value is -0.850. The van der Waals surface area contributed by atoms with Crippen LogP contribution in [-0.4, -0.2) is 5.78 Å². The molecule has 0 N–H and O–H groups in total. The number of hydrogen-bond donors (Lipinski definition) is 0. The number of carbonyl (C=O) groups excluding carboxylic acids is 1. The van der Waals surface area contributed by atoms with Gasteiger partial charge in [0.15, 0.2) is 0 Å². The van der Waals surface area contributed by atoms with E-state index in [1.807, 2.05) is 0 Å². The van der Waals surface area contributed by atoms with Crippen LogP contribution in [0.5, 0.6) is 0 Å². The second-order valence-electron chi connectivity index (χ2n) is 4.14. The summed E-state index contributed by atoms with van der Waals surface area (Å²) in [4.78, 5) is 11.1. The minimum absolute atomic E-state index is 0.295. The number of rotatable bonds is 3. The number of hydrogen-bond acceptors (Lipinski definition) is 1. The van der Waals surface area contributed by atoms with Crippen LogP contribution in [0, 0.1) is 0 Å². The van der Waals surface area contributed by atoms with Crippen molar-refractivity contribution in [3.8, 4) is 0 Å². The molecule has 0 bridgehead atoms. The lowest BCUT2D eigenvalue weighted by atomic mass is 9.85. The summed E-state index contributed by atoms with van der Waals surface area (Å²) in [5, 5.41) is 0. The SMILES string of the molecule is C/C=C(/C)C1=C(CC(C)=O)CCCC1. The molecular weight excluding hydrogens is 172 g/mol. The summed E-state index contributed by atoms with van der Waals surface area (Å²) in [6.07, 6.45) is 7.64. The third-order valence-corrected chi connectivity index (χ3v) is 2.95. The first kappa shape index (κ1) is 11.2. The number of Topliss-reactive ketones (excluding diaryl/α,β-unsaturated/α-hetero) is 1. The molecule has 1 nitrogen and oxygen atoms in total. The smallest absolute Gasteiger partial charge is 0.133 e. The van der Waals surface area contributed by atoms with Gasteiger partial charge in [0.1, 0.15) is 5.78 Å². The molecule has 0 radical (unpaired) electrons. The first-order chi connectivity index (χ1) is 6.65. The van der Waals surface area contributed by atoms with Gasteiger partial charge in [-0.1, -0.05) is 17.2 Å². The van der Waals surface area contributed by atoms with Crippen molar-refractivity contribution in [3.05, 3.63) is 22.8 Å². The van der Waals surface area contributed by atoms with Crippen LogP contribution in [-0.2, 0) is 4.79 Å². The van der Waals surface area contributed by atoms with E-state index in [2.05, 4.69) is 19.9 Å². The van der Waals surface area contributed by atoms with Crippen molar-refractivity contribution in [2.24, 2.45) is 0 Å². The molecule has 0 aliphatic heterocycles. The molecule has 0 saturated heterocycles. The second kappa shape index (κ2) is 5.14. The second-order valence-corrected chi connectivity index (χ2v) is 4.14. The van der Waals surface area contributed by atoms with Crippen LogP contribution in [0.25, 0.3) is 0 Å². The molecule has 1 rings (SSSR count). The Bertz CT molecular complexity index is 282. The first-order valence-corrected chi connectivity index (χ1v) is 5.48. The van der Waals surface area contributed by atoms with E-state index in [0.29, 0.717) is 12.2 Å². The third kappa shape index (κ3) is 2.83. The zero-order valence-electron chi connectivity index (χ0n) is 9.52. The lowest BCUT2D eigenvalue weighted by Crippen LogP contribution is -2.04. The number of carbonyl (C=O) groups is 1. The van der Waals surface area contributed by atoms with Crippen LogP contribution in [0.15, 0.2) is 22.8 Å². The summed E-state index contributed by atoms with van der Waals surface area (Å²) in [5.41, 5.74) is 4.20. The average molecular weight is 192 g/mol. The highest BCUT2D eigenvalue weighted by Crippen LogP contribution is 2.31. The molecule has 0 saturated carbocycles. The van der Waals surface area contributed by atoms with Gasteiger partial charge >= 0.3 is 0 Å². The highest BCUT2D eigenvalue weighted by Gasteiger charge is 2.14. The van der Waals surface area contributed by atoms with Crippen LogP contribution in [0.3, 0.4) is 0 Å². The zero-order chi connectivity index (χ0) is 10.6. The molecule has 14 heavy (non-hydrogen) atoms. The summed E-state index contributed by atoms with van der Waals surface area (Å²) >= 11 is 0. The van der Waals surface area contributed by atoms with Crippen LogP contribution in [0.4, 0.5) is 0 Å². The maximum atomic E-state index is 11.1. The van der Waals surface area contributed by atoms with Crippen molar-refractivity contribution in [2.45, 2.75) is 52.9 Å². The van der Waals surface area contributed by atoms with Crippen LogP contribution < -0.4 is 0 Å². The molecule has 1 aliphatic carbocycles.